The maximum atomic E-state index is 12.4. The highest BCUT2D eigenvalue weighted by Crippen LogP contribution is 2.17. The number of rotatable bonds is 5. The lowest BCUT2D eigenvalue weighted by Crippen LogP contribution is -2.25. The lowest BCUT2D eigenvalue weighted by atomic mass is 10.3. The summed E-state index contributed by atoms with van der Waals surface area (Å²) in [5, 5.41) is 0. The summed E-state index contributed by atoms with van der Waals surface area (Å²) in [4.78, 5) is 12.4. The Hall–Kier alpha value is -1.22. The minimum absolute atomic E-state index is 0.0840. The molecule has 18 heavy (non-hydrogen) atoms. The smallest absolute Gasteiger partial charge is 0.292 e. The van der Waals surface area contributed by atoms with Crippen LogP contribution in [0, 0.1) is 0 Å². The lowest BCUT2D eigenvalue weighted by molar-refractivity contribution is 0.552. The second-order valence-electron chi connectivity index (χ2n) is 4.78. The monoisotopic (exact) mass is 266 g/mol. The molecule has 0 aliphatic carbocycles. The number of alkyl halides is 1. The topological polar surface area (TPSA) is 26.9 Å². The summed E-state index contributed by atoms with van der Waals surface area (Å²) < 4.78 is 3.72. The van der Waals surface area contributed by atoms with E-state index in [0.29, 0.717) is 5.88 Å². The SMILES string of the molecule is CC(C)n1c(=O)n(CCCCCl)c2ccccc21. The van der Waals surface area contributed by atoms with Crippen molar-refractivity contribution in [2.45, 2.75) is 39.3 Å². The van der Waals surface area contributed by atoms with E-state index in [4.69, 9.17) is 11.6 Å². The van der Waals surface area contributed by atoms with Crippen molar-refractivity contribution in [1.29, 1.82) is 0 Å². The van der Waals surface area contributed by atoms with Crippen LogP contribution in [0.3, 0.4) is 0 Å². The predicted molar refractivity (Wildman–Crippen MR) is 76.5 cm³/mol. The molecular formula is C14H19ClN2O. The summed E-state index contributed by atoms with van der Waals surface area (Å²) in [6.45, 7) is 4.82. The molecule has 1 heterocycles. The van der Waals surface area contributed by atoms with Crippen molar-refractivity contribution in [3.8, 4) is 0 Å². The van der Waals surface area contributed by atoms with Crippen LogP contribution in [0.1, 0.15) is 32.7 Å². The first kappa shape index (κ1) is 13.2. The van der Waals surface area contributed by atoms with Crippen molar-refractivity contribution in [2.75, 3.05) is 5.88 Å². The van der Waals surface area contributed by atoms with E-state index in [1.165, 1.54) is 0 Å². The number of hydrogen-bond donors (Lipinski definition) is 0. The highest BCUT2D eigenvalue weighted by Gasteiger charge is 2.13. The number of fused-ring (bicyclic) bond motifs is 1. The number of aromatic nitrogens is 2. The zero-order chi connectivity index (χ0) is 13.1. The summed E-state index contributed by atoms with van der Waals surface area (Å²) in [6.07, 6.45) is 1.88. The largest absolute Gasteiger partial charge is 0.329 e. The number of imidazole rings is 1. The predicted octanol–water partition coefficient (Wildman–Crippen LogP) is 3.40. The maximum Gasteiger partial charge on any atom is 0.329 e. The van der Waals surface area contributed by atoms with Crippen molar-refractivity contribution < 1.29 is 0 Å². The zero-order valence-corrected chi connectivity index (χ0v) is 11.7. The molecule has 3 nitrogen and oxygen atoms in total. The summed E-state index contributed by atoms with van der Waals surface area (Å²) >= 11 is 5.69. The van der Waals surface area contributed by atoms with Crippen molar-refractivity contribution >= 4 is 22.6 Å². The minimum atomic E-state index is 0.0840. The number of benzene rings is 1. The van der Waals surface area contributed by atoms with Gasteiger partial charge in [-0.05, 0) is 38.8 Å². The van der Waals surface area contributed by atoms with Crippen LogP contribution >= 0.6 is 11.6 Å². The molecule has 0 aliphatic heterocycles. The van der Waals surface area contributed by atoms with Crippen LogP contribution in [-0.2, 0) is 6.54 Å². The molecule has 4 heteroatoms. The van der Waals surface area contributed by atoms with Crippen LogP contribution in [0.15, 0.2) is 29.1 Å². The van der Waals surface area contributed by atoms with Crippen LogP contribution < -0.4 is 5.69 Å². The first-order chi connectivity index (χ1) is 8.66. The van der Waals surface area contributed by atoms with Gasteiger partial charge in [0.2, 0.25) is 0 Å². The van der Waals surface area contributed by atoms with Crippen LogP contribution in [0.4, 0.5) is 0 Å². The Labute approximate surface area is 112 Å². The first-order valence-electron chi connectivity index (χ1n) is 6.42. The summed E-state index contributed by atoms with van der Waals surface area (Å²) in [7, 11) is 0. The van der Waals surface area contributed by atoms with Gasteiger partial charge in [0, 0.05) is 18.5 Å². The van der Waals surface area contributed by atoms with E-state index in [2.05, 4.69) is 0 Å². The molecule has 0 bridgehead atoms. The molecule has 98 valence electrons. The van der Waals surface area contributed by atoms with Gasteiger partial charge in [0.15, 0.2) is 0 Å². The molecule has 0 aliphatic rings. The number of halogens is 1. The van der Waals surface area contributed by atoms with Gasteiger partial charge >= 0.3 is 5.69 Å². The van der Waals surface area contributed by atoms with Gasteiger partial charge in [0.1, 0.15) is 0 Å². The van der Waals surface area contributed by atoms with Crippen molar-refractivity contribution in [3.63, 3.8) is 0 Å². The second-order valence-corrected chi connectivity index (χ2v) is 5.16. The number of unbranched alkanes of at least 4 members (excludes halogenated alkanes) is 1. The average Bonchev–Trinajstić information content (AvgIpc) is 2.63. The first-order valence-corrected chi connectivity index (χ1v) is 6.96. The number of nitrogens with zero attached hydrogens (tertiary/aromatic N) is 2. The van der Waals surface area contributed by atoms with Gasteiger partial charge in [-0.25, -0.2) is 4.79 Å². The third-order valence-electron chi connectivity index (χ3n) is 3.15. The minimum Gasteiger partial charge on any atom is -0.292 e. The third kappa shape index (κ3) is 2.32. The van der Waals surface area contributed by atoms with Crippen LogP contribution in [0.5, 0.6) is 0 Å². The Bertz CT molecular complexity index is 583. The van der Waals surface area contributed by atoms with Crippen LogP contribution in [-0.4, -0.2) is 15.0 Å². The van der Waals surface area contributed by atoms with E-state index >= 15 is 0 Å². The third-order valence-corrected chi connectivity index (χ3v) is 3.42. The van der Waals surface area contributed by atoms with Crippen LogP contribution in [0.2, 0.25) is 0 Å². The Morgan fingerprint density at radius 1 is 1.17 bits per heavy atom. The van der Waals surface area contributed by atoms with Gasteiger partial charge in [-0.15, -0.1) is 11.6 Å². The molecular weight excluding hydrogens is 248 g/mol. The van der Waals surface area contributed by atoms with Gasteiger partial charge < -0.3 is 0 Å². The molecule has 2 rings (SSSR count). The van der Waals surface area contributed by atoms with Gasteiger partial charge in [-0.1, -0.05) is 12.1 Å². The molecule has 1 aromatic heterocycles. The Morgan fingerprint density at radius 3 is 2.44 bits per heavy atom. The van der Waals surface area contributed by atoms with Crippen LogP contribution in [0.25, 0.3) is 11.0 Å². The van der Waals surface area contributed by atoms with Gasteiger partial charge in [-0.3, -0.25) is 9.13 Å². The molecule has 0 spiro atoms. The fourth-order valence-corrected chi connectivity index (χ4v) is 2.50. The lowest BCUT2D eigenvalue weighted by Gasteiger charge is -2.06. The maximum absolute atomic E-state index is 12.4. The molecule has 1 aromatic carbocycles. The molecule has 0 N–H and O–H groups in total. The summed E-state index contributed by atoms with van der Waals surface area (Å²) in [5.41, 5.74) is 2.12. The standard InChI is InChI=1S/C14H19ClN2O/c1-11(2)17-13-8-4-3-7-12(13)16(14(17)18)10-6-5-9-15/h3-4,7-8,11H,5-6,9-10H2,1-2H3. The number of aryl methyl sites for hydroxylation is 1. The van der Waals surface area contributed by atoms with Crippen molar-refractivity contribution in [3.05, 3.63) is 34.7 Å². The molecule has 0 unspecified atom stereocenters. The highest BCUT2D eigenvalue weighted by molar-refractivity contribution is 6.17. The van der Waals surface area contributed by atoms with Gasteiger partial charge in [-0.2, -0.15) is 0 Å². The zero-order valence-electron chi connectivity index (χ0n) is 10.9. The number of hydrogen-bond acceptors (Lipinski definition) is 1. The fraction of sp³-hybridized carbons (Fsp3) is 0.500. The quantitative estimate of drug-likeness (QED) is 0.602. The van der Waals surface area contributed by atoms with Crippen molar-refractivity contribution in [1.82, 2.24) is 9.13 Å². The number of para-hydroxylation sites is 2. The molecule has 2 aromatic rings. The summed E-state index contributed by atoms with van der Waals surface area (Å²) in [5.74, 6) is 0.650. The van der Waals surface area contributed by atoms with E-state index < -0.39 is 0 Å². The van der Waals surface area contributed by atoms with Gasteiger partial charge in [0.05, 0.1) is 11.0 Å². The Balaban J connectivity index is 2.52. The van der Waals surface area contributed by atoms with E-state index in [1.807, 2.05) is 47.2 Å². The molecule has 0 amide bonds. The molecule has 0 atom stereocenters. The highest BCUT2D eigenvalue weighted by atomic mass is 35.5. The van der Waals surface area contributed by atoms with E-state index in [9.17, 15) is 4.79 Å². The summed E-state index contributed by atoms with van der Waals surface area (Å²) in [6, 6.07) is 8.15. The Kier molecular flexibility index (Phi) is 4.12. The fourth-order valence-electron chi connectivity index (χ4n) is 2.31. The molecule has 0 radical (unpaired) electrons. The van der Waals surface area contributed by atoms with Gasteiger partial charge in [0.25, 0.3) is 0 Å². The normalized spacial score (nSPS) is 11.6. The van der Waals surface area contributed by atoms with Crippen molar-refractivity contribution in [2.24, 2.45) is 0 Å². The molecule has 0 saturated carbocycles. The van der Waals surface area contributed by atoms with E-state index in [1.54, 1.807) is 0 Å². The molecule has 0 saturated heterocycles. The average molecular weight is 267 g/mol. The molecule has 0 fully saturated rings. The Morgan fingerprint density at radius 2 is 1.83 bits per heavy atom. The van der Waals surface area contributed by atoms with E-state index in [0.717, 1.165) is 30.4 Å². The van der Waals surface area contributed by atoms with E-state index in [-0.39, 0.29) is 11.7 Å². The second kappa shape index (κ2) is 5.61.